The van der Waals surface area contributed by atoms with Gasteiger partial charge in [0.15, 0.2) is 4.77 Å². The van der Waals surface area contributed by atoms with E-state index < -0.39 is 5.56 Å². The number of H-pyrrole nitrogens is 1. The number of para-hydroxylation sites is 1. The van der Waals surface area contributed by atoms with E-state index in [0.29, 0.717) is 0 Å². The Kier molecular flexibility index (Phi) is 5.03. The number of allylic oxidation sites excluding steroid dienone is 1. The number of aromatic nitrogens is 2. The molecule has 3 aromatic rings. The second-order valence-electron chi connectivity index (χ2n) is 7.03. The van der Waals surface area contributed by atoms with Crippen LogP contribution in [0.15, 0.2) is 64.4 Å². The van der Waals surface area contributed by atoms with Gasteiger partial charge >= 0.3 is 0 Å². The van der Waals surface area contributed by atoms with Gasteiger partial charge < -0.3 is 5.11 Å². The summed E-state index contributed by atoms with van der Waals surface area (Å²) in [6.45, 7) is 3.95. The number of hydrogen-bond acceptors (Lipinski definition) is 4. The third-order valence-corrected chi connectivity index (χ3v) is 5.50. The second kappa shape index (κ2) is 7.64. The molecule has 0 fully saturated rings. The Morgan fingerprint density at radius 1 is 1.17 bits per heavy atom. The lowest BCUT2D eigenvalue weighted by molar-refractivity contribution is 0.371. The molecule has 0 aliphatic carbocycles. The zero-order chi connectivity index (χ0) is 20.5. The summed E-state index contributed by atoms with van der Waals surface area (Å²) in [7, 11) is 0. The van der Waals surface area contributed by atoms with E-state index >= 15 is 0 Å². The van der Waals surface area contributed by atoms with E-state index in [1.54, 1.807) is 10.6 Å². The minimum Gasteiger partial charge on any atom is -0.494 e. The fourth-order valence-corrected chi connectivity index (χ4v) is 3.85. The first-order chi connectivity index (χ1) is 14.0. The van der Waals surface area contributed by atoms with Crippen molar-refractivity contribution in [3.63, 3.8) is 0 Å². The first kappa shape index (κ1) is 19.1. The highest BCUT2D eigenvalue weighted by Crippen LogP contribution is 2.38. The maximum absolute atomic E-state index is 12.7. The quantitative estimate of drug-likeness (QED) is 0.584. The van der Waals surface area contributed by atoms with Crippen molar-refractivity contribution in [2.45, 2.75) is 26.3 Å². The molecule has 1 aromatic heterocycles. The van der Waals surface area contributed by atoms with E-state index in [4.69, 9.17) is 17.2 Å². The van der Waals surface area contributed by atoms with Crippen LogP contribution >= 0.6 is 12.2 Å². The summed E-state index contributed by atoms with van der Waals surface area (Å²) in [5.41, 5.74) is 4.01. The van der Waals surface area contributed by atoms with Gasteiger partial charge in [-0.15, -0.1) is 0 Å². The van der Waals surface area contributed by atoms with Crippen molar-refractivity contribution in [3.8, 4) is 5.88 Å². The number of aromatic amines is 1. The summed E-state index contributed by atoms with van der Waals surface area (Å²) in [5, 5.41) is 10.9. The van der Waals surface area contributed by atoms with E-state index in [0.717, 1.165) is 34.5 Å². The molecule has 29 heavy (non-hydrogen) atoms. The van der Waals surface area contributed by atoms with Crippen molar-refractivity contribution in [2.24, 2.45) is 4.99 Å². The van der Waals surface area contributed by atoms with Gasteiger partial charge in [0.2, 0.25) is 5.88 Å². The van der Waals surface area contributed by atoms with Crippen molar-refractivity contribution in [3.05, 3.63) is 86.4 Å². The molecule has 146 valence electrons. The van der Waals surface area contributed by atoms with Gasteiger partial charge in [-0.25, -0.2) is 4.99 Å². The lowest BCUT2D eigenvalue weighted by Gasteiger charge is -2.17. The largest absolute Gasteiger partial charge is 0.494 e. The van der Waals surface area contributed by atoms with Crippen LogP contribution in [0.3, 0.4) is 0 Å². The third-order valence-electron chi connectivity index (χ3n) is 5.20. The number of fused-ring (bicyclic) bond motifs is 1. The minimum absolute atomic E-state index is 0.0466. The third kappa shape index (κ3) is 3.36. The smallest absolute Gasteiger partial charge is 0.262 e. The highest BCUT2D eigenvalue weighted by molar-refractivity contribution is 7.71. The predicted molar refractivity (Wildman–Crippen MR) is 120 cm³/mol. The summed E-state index contributed by atoms with van der Waals surface area (Å²) in [6.07, 6.45) is 2.48. The summed E-state index contributed by atoms with van der Waals surface area (Å²) < 4.78 is 1.80. The molecule has 6 heteroatoms. The van der Waals surface area contributed by atoms with E-state index in [1.807, 2.05) is 68.4 Å². The highest BCUT2D eigenvalue weighted by atomic mass is 32.1. The molecule has 0 spiro atoms. The number of benzene rings is 2. The van der Waals surface area contributed by atoms with E-state index in [1.165, 1.54) is 0 Å². The van der Waals surface area contributed by atoms with Crippen LogP contribution < -0.4 is 5.56 Å². The zero-order valence-electron chi connectivity index (χ0n) is 16.2. The van der Waals surface area contributed by atoms with Crippen molar-refractivity contribution < 1.29 is 5.11 Å². The summed E-state index contributed by atoms with van der Waals surface area (Å²) in [5.74, 6) is -0.127. The molecule has 5 nitrogen and oxygen atoms in total. The molecule has 0 radical (unpaired) electrons. The van der Waals surface area contributed by atoms with Gasteiger partial charge in [-0.1, -0.05) is 55.5 Å². The van der Waals surface area contributed by atoms with Crippen molar-refractivity contribution in [1.82, 2.24) is 9.55 Å². The van der Waals surface area contributed by atoms with Gasteiger partial charge in [0.05, 0.1) is 11.4 Å². The fourth-order valence-electron chi connectivity index (χ4n) is 3.49. The van der Waals surface area contributed by atoms with E-state index in [9.17, 15) is 9.90 Å². The molecule has 2 aromatic carbocycles. The molecule has 0 bridgehead atoms. The van der Waals surface area contributed by atoms with Crippen LogP contribution in [0.2, 0.25) is 0 Å². The van der Waals surface area contributed by atoms with Crippen LogP contribution in [0.4, 0.5) is 5.69 Å². The average molecular weight is 404 g/mol. The Bertz CT molecular complexity index is 1250. The standard InChI is InChI=1S/C23H21N3O2S/c1-3-14(2)26-22(28)18(21(27)25-23(26)29)13-17-16-11-7-8-12-19(16)24-20(17)15-9-5-4-6-10-15/h4-14,28H,3H2,1-2H3,(H,25,27,29)/b17-13+. The minimum atomic E-state index is -0.420. The molecule has 2 heterocycles. The van der Waals surface area contributed by atoms with Gasteiger partial charge in [-0.3, -0.25) is 14.3 Å². The highest BCUT2D eigenvalue weighted by Gasteiger charge is 2.24. The SMILES string of the molecule is CCC(C)n1c(O)c(/C=C2/C(c3ccccc3)=Nc3ccccc32)c(=O)[nH]c1=S. The van der Waals surface area contributed by atoms with Crippen LogP contribution in [0, 0.1) is 4.77 Å². The molecular formula is C23H21N3O2S. The van der Waals surface area contributed by atoms with Crippen LogP contribution in [0.1, 0.15) is 43.0 Å². The normalized spacial score (nSPS) is 15.2. The molecule has 1 aliphatic rings. The first-order valence-electron chi connectivity index (χ1n) is 9.54. The Balaban J connectivity index is 1.97. The lowest BCUT2D eigenvalue weighted by atomic mass is 9.96. The molecule has 1 aliphatic heterocycles. The van der Waals surface area contributed by atoms with Gasteiger partial charge in [-0.2, -0.15) is 0 Å². The molecule has 1 unspecified atom stereocenters. The second-order valence-corrected chi connectivity index (χ2v) is 7.41. The average Bonchev–Trinajstić information content (AvgIpc) is 3.10. The molecule has 0 saturated heterocycles. The van der Waals surface area contributed by atoms with Crippen LogP contribution in [-0.4, -0.2) is 20.4 Å². The number of aliphatic imine (C=N–C) groups is 1. The van der Waals surface area contributed by atoms with Crippen molar-refractivity contribution in [2.75, 3.05) is 0 Å². The van der Waals surface area contributed by atoms with Gasteiger partial charge in [0, 0.05) is 22.7 Å². The summed E-state index contributed by atoms with van der Waals surface area (Å²) in [6, 6.07) is 17.5. The Hall–Kier alpha value is -3.25. The number of aromatic hydroxyl groups is 1. The molecule has 4 rings (SSSR count). The van der Waals surface area contributed by atoms with Crippen molar-refractivity contribution >= 4 is 35.3 Å². The lowest BCUT2D eigenvalue weighted by Crippen LogP contribution is -2.19. The van der Waals surface area contributed by atoms with Gasteiger partial charge in [0.25, 0.3) is 5.56 Å². The Labute approximate surface area is 173 Å². The molecule has 0 amide bonds. The zero-order valence-corrected chi connectivity index (χ0v) is 17.0. The topological polar surface area (TPSA) is 70.4 Å². The number of rotatable bonds is 4. The van der Waals surface area contributed by atoms with E-state index in [2.05, 4.69) is 4.98 Å². The molecule has 1 atom stereocenters. The summed E-state index contributed by atoms with van der Waals surface area (Å²) in [4.78, 5) is 20.2. The van der Waals surface area contributed by atoms with Gasteiger partial charge in [0.1, 0.15) is 5.56 Å². The Morgan fingerprint density at radius 3 is 2.59 bits per heavy atom. The summed E-state index contributed by atoms with van der Waals surface area (Å²) >= 11 is 5.28. The Morgan fingerprint density at radius 2 is 1.86 bits per heavy atom. The molecule has 0 saturated carbocycles. The maximum Gasteiger partial charge on any atom is 0.262 e. The van der Waals surface area contributed by atoms with Crippen LogP contribution in [0.5, 0.6) is 5.88 Å². The molecular weight excluding hydrogens is 382 g/mol. The fraction of sp³-hybridized carbons (Fsp3) is 0.174. The van der Waals surface area contributed by atoms with Crippen LogP contribution in [0.25, 0.3) is 11.6 Å². The first-order valence-corrected chi connectivity index (χ1v) is 9.95. The predicted octanol–water partition coefficient (Wildman–Crippen LogP) is 5.26. The van der Waals surface area contributed by atoms with Crippen LogP contribution in [-0.2, 0) is 0 Å². The van der Waals surface area contributed by atoms with E-state index in [-0.39, 0.29) is 22.3 Å². The monoisotopic (exact) mass is 403 g/mol. The maximum atomic E-state index is 12.7. The number of nitrogens with one attached hydrogen (secondary N) is 1. The molecule has 2 N–H and O–H groups in total. The van der Waals surface area contributed by atoms with Gasteiger partial charge in [-0.05, 0) is 37.7 Å². The van der Waals surface area contributed by atoms with Crippen molar-refractivity contribution in [1.29, 1.82) is 0 Å². The number of nitrogens with zero attached hydrogens (tertiary/aromatic N) is 2. The number of hydrogen-bond donors (Lipinski definition) is 2.